The smallest absolute Gasteiger partial charge is 0.237 e. The highest BCUT2D eigenvalue weighted by Crippen LogP contribution is 2.00. The lowest BCUT2D eigenvalue weighted by Crippen LogP contribution is -2.49. The van der Waals surface area contributed by atoms with Crippen LogP contribution in [0.4, 0.5) is 0 Å². The molecule has 1 radical (unpaired) electrons. The molecule has 1 heterocycles. The summed E-state index contributed by atoms with van der Waals surface area (Å²) in [6.07, 6.45) is 5.26. The average Bonchev–Trinajstić information content (AvgIpc) is 2.79. The third-order valence-corrected chi connectivity index (χ3v) is 2.45. The number of carbonyl (C=O) groups is 1. The first-order valence-electron chi connectivity index (χ1n) is 5.46. The topological polar surface area (TPSA) is 101 Å². The minimum Gasteiger partial charge on any atom is -0.351 e. The Morgan fingerprint density at radius 2 is 2.35 bits per heavy atom. The molecular weight excluding hydrogens is 220 g/mol. The number of hydrogen-bond acceptors (Lipinski definition) is 4. The summed E-state index contributed by atoms with van der Waals surface area (Å²) in [6.45, 7) is 3.69. The van der Waals surface area contributed by atoms with E-state index in [2.05, 4.69) is 15.3 Å². The molecule has 0 fully saturated rings. The van der Waals surface area contributed by atoms with Crippen LogP contribution in [0.25, 0.3) is 0 Å². The molecule has 0 saturated carbocycles. The van der Waals surface area contributed by atoms with Crippen molar-refractivity contribution >= 4 is 12.2 Å². The van der Waals surface area contributed by atoms with Crippen molar-refractivity contribution in [3.8, 4) is 0 Å². The van der Waals surface area contributed by atoms with Gasteiger partial charge in [-0.15, -0.1) is 0 Å². The van der Waals surface area contributed by atoms with Crippen LogP contribution in [0.3, 0.4) is 0 Å². The summed E-state index contributed by atoms with van der Waals surface area (Å²) in [5.74, 6) is -0.323. The van der Waals surface area contributed by atoms with Gasteiger partial charge in [-0.25, -0.2) is 4.98 Å². The van der Waals surface area contributed by atoms with Gasteiger partial charge in [-0.1, -0.05) is 13.8 Å². The average molecular weight is 237 g/mol. The summed E-state index contributed by atoms with van der Waals surface area (Å²) in [4.78, 5) is 29.1. The predicted octanol–water partition coefficient (Wildman–Crippen LogP) is -0.470. The summed E-state index contributed by atoms with van der Waals surface area (Å²) in [5, 5.41) is 2.54. The van der Waals surface area contributed by atoms with Crippen LogP contribution in [-0.4, -0.2) is 34.2 Å². The van der Waals surface area contributed by atoms with Gasteiger partial charge in [0.05, 0.1) is 18.1 Å². The number of amides is 1. The maximum atomic E-state index is 11.6. The Balaban J connectivity index is 2.52. The van der Waals surface area contributed by atoms with Crippen molar-refractivity contribution in [2.75, 3.05) is 0 Å². The second kappa shape index (κ2) is 6.15. The largest absolute Gasteiger partial charge is 0.351 e. The van der Waals surface area contributed by atoms with Crippen molar-refractivity contribution in [1.82, 2.24) is 15.3 Å². The van der Waals surface area contributed by atoms with Gasteiger partial charge in [0, 0.05) is 12.6 Å². The number of nitrogens with one attached hydrogen (secondary N) is 2. The molecule has 1 aromatic rings. The lowest BCUT2D eigenvalue weighted by Gasteiger charge is -2.17. The highest BCUT2D eigenvalue weighted by Gasteiger charge is 2.21. The normalized spacial score (nSPS) is 14.4. The molecule has 0 aliphatic carbocycles. The summed E-state index contributed by atoms with van der Waals surface area (Å²) in [5.41, 5.74) is 6.36. The number of imidazole rings is 1. The Hall–Kier alpha value is -1.69. The fourth-order valence-corrected chi connectivity index (χ4v) is 1.30. The highest BCUT2D eigenvalue weighted by atomic mass is 16.2. The molecular formula is C11H17N4O2. The molecule has 6 heteroatoms. The lowest BCUT2D eigenvalue weighted by atomic mass is 10.0. The van der Waals surface area contributed by atoms with E-state index in [1.54, 1.807) is 12.5 Å². The zero-order valence-electron chi connectivity index (χ0n) is 9.93. The molecule has 0 saturated heterocycles. The van der Waals surface area contributed by atoms with Crippen molar-refractivity contribution in [1.29, 1.82) is 0 Å². The molecule has 2 atom stereocenters. The number of aromatic amines is 1. The van der Waals surface area contributed by atoms with Crippen LogP contribution in [-0.2, 0) is 16.0 Å². The minimum atomic E-state index is -0.712. The summed E-state index contributed by atoms with van der Waals surface area (Å²) in [6, 6.07) is -1.33. The molecule has 4 N–H and O–H groups in total. The van der Waals surface area contributed by atoms with Crippen LogP contribution in [0.15, 0.2) is 12.5 Å². The van der Waals surface area contributed by atoms with Crippen LogP contribution >= 0.6 is 0 Å². The van der Waals surface area contributed by atoms with Crippen molar-refractivity contribution in [2.24, 2.45) is 11.7 Å². The predicted molar refractivity (Wildman–Crippen MR) is 62.7 cm³/mol. The van der Waals surface area contributed by atoms with E-state index in [-0.39, 0.29) is 11.8 Å². The Labute approximate surface area is 100.0 Å². The number of aromatic nitrogens is 2. The number of nitrogens with two attached hydrogens (primary N) is 1. The van der Waals surface area contributed by atoms with E-state index in [1.165, 1.54) is 6.33 Å². The van der Waals surface area contributed by atoms with Gasteiger partial charge in [-0.3, -0.25) is 9.59 Å². The molecule has 93 valence electrons. The molecule has 0 bridgehead atoms. The van der Waals surface area contributed by atoms with E-state index in [9.17, 15) is 9.59 Å². The molecule has 0 unspecified atom stereocenters. The van der Waals surface area contributed by atoms with Crippen molar-refractivity contribution in [3.05, 3.63) is 18.2 Å². The monoisotopic (exact) mass is 237 g/mol. The van der Waals surface area contributed by atoms with E-state index in [4.69, 9.17) is 5.73 Å². The maximum Gasteiger partial charge on any atom is 0.237 e. The van der Waals surface area contributed by atoms with Crippen LogP contribution in [0.2, 0.25) is 0 Å². The van der Waals surface area contributed by atoms with Crippen molar-refractivity contribution in [3.63, 3.8) is 0 Å². The van der Waals surface area contributed by atoms with E-state index in [0.29, 0.717) is 12.1 Å². The van der Waals surface area contributed by atoms with Gasteiger partial charge in [0.1, 0.15) is 6.04 Å². The van der Waals surface area contributed by atoms with Gasteiger partial charge in [0.2, 0.25) is 12.2 Å². The SMILES string of the molecule is CC(C)[C@@H](N)C(=O)N[C@@H]([C]=O)Cc1c[nH]cn1. The molecule has 1 rings (SSSR count). The van der Waals surface area contributed by atoms with Gasteiger partial charge in [0.25, 0.3) is 0 Å². The standard InChI is InChI=1S/C11H17N4O2/c1-7(2)10(12)11(17)15-9(5-16)3-8-4-13-6-14-8/h4,6-7,9-10H,3,12H2,1-2H3,(H,13,14)(H,15,17)/t9-,10-/m1/s1. The quantitative estimate of drug-likeness (QED) is 0.622. The second-order valence-corrected chi connectivity index (χ2v) is 4.21. The van der Waals surface area contributed by atoms with Gasteiger partial charge in [0.15, 0.2) is 0 Å². The first kappa shape index (κ1) is 13.4. The van der Waals surface area contributed by atoms with Crippen LogP contribution in [0.1, 0.15) is 19.5 Å². The summed E-state index contributed by atoms with van der Waals surface area (Å²) in [7, 11) is 0. The van der Waals surface area contributed by atoms with Gasteiger partial charge in [-0.2, -0.15) is 0 Å². The molecule has 0 aliphatic heterocycles. The third-order valence-electron chi connectivity index (χ3n) is 2.45. The molecule has 17 heavy (non-hydrogen) atoms. The summed E-state index contributed by atoms with van der Waals surface area (Å²) < 4.78 is 0. The van der Waals surface area contributed by atoms with Gasteiger partial charge >= 0.3 is 0 Å². The van der Waals surface area contributed by atoms with Crippen LogP contribution in [0.5, 0.6) is 0 Å². The Morgan fingerprint density at radius 3 is 2.82 bits per heavy atom. The van der Waals surface area contributed by atoms with E-state index in [0.717, 1.165) is 0 Å². The number of rotatable bonds is 6. The van der Waals surface area contributed by atoms with Crippen molar-refractivity contribution in [2.45, 2.75) is 32.4 Å². The molecule has 6 nitrogen and oxygen atoms in total. The lowest BCUT2D eigenvalue weighted by molar-refractivity contribution is -0.123. The first-order chi connectivity index (χ1) is 8.04. The van der Waals surface area contributed by atoms with Crippen LogP contribution in [0, 0.1) is 5.92 Å². The van der Waals surface area contributed by atoms with Crippen LogP contribution < -0.4 is 11.1 Å². The number of nitrogens with zero attached hydrogens (tertiary/aromatic N) is 1. The molecule has 1 amide bonds. The van der Waals surface area contributed by atoms with E-state index in [1.807, 2.05) is 13.8 Å². The Kier molecular flexibility index (Phi) is 4.84. The highest BCUT2D eigenvalue weighted by molar-refractivity contribution is 5.84. The Bertz CT molecular complexity index is 362. The Morgan fingerprint density at radius 1 is 1.65 bits per heavy atom. The molecule has 0 spiro atoms. The number of H-pyrrole nitrogens is 1. The van der Waals surface area contributed by atoms with Gasteiger partial charge < -0.3 is 16.0 Å². The van der Waals surface area contributed by atoms with Crippen molar-refractivity contribution < 1.29 is 9.59 Å². The third kappa shape index (κ3) is 3.99. The first-order valence-corrected chi connectivity index (χ1v) is 5.46. The summed E-state index contributed by atoms with van der Waals surface area (Å²) >= 11 is 0. The van der Waals surface area contributed by atoms with Gasteiger partial charge in [-0.05, 0) is 5.92 Å². The number of hydrogen-bond donors (Lipinski definition) is 3. The fraction of sp³-hybridized carbons (Fsp3) is 0.545. The minimum absolute atomic E-state index is 0.0210. The molecule has 1 aromatic heterocycles. The molecule has 0 aromatic carbocycles. The fourth-order valence-electron chi connectivity index (χ4n) is 1.30. The zero-order valence-corrected chi connectivity index (χ0v) is 9.93. The van der Waals surface area contributed by atoms with E-state index >= 15 is 0 Å². The number of carbonyl (C=O) groups excluding carboxylic acids is 2. The van der Waals surface area contributed by atoms with E-state index < -0.39 is 12.1 Å². The zero-order chi connectivity index (χ0) is 12.8. The second-order valence-electron chi connectivity index (χ2n) is 4.21. The molecule has 0 aliphatic rings. The maximum absolute atomic E-state index is 11.6.